The van der Waals surface area contributed by atoms with Gasteiger partial charge in [0.05, 0.1) is 12.7 Å². The summed E-state index contributed by atoms with van der Waals surface area (Å²) in [5.74, 6) is 1.33. The van der Waals surface area contributed by atoms with E-state index in [0.717, 1.165) is 34.8 Å². The highest BCUT2D eigenvalue weighted by Crippen LogP contribution is 2.34. The fourth-order valence-electron chi connectivity index (χ4n) is 3.63. The number of esters is 1. The van der Waals surface area contributed by atoms with Crippen molar-refractivity contribution < 1.29 is 24.1 Å². The van der Waals surface area contributed by atoms with Gasteiger partial charge in [-0.3, -0.25) is 0 Å². The summed E-state index contributed by atoms with van der Waals surface area (Å²) in [7, 11) is 1.39. The van der Waals surface area contributed by atoms with Gasteiger partial charge in [0, 0.05) is 23.3 Å². The SMILES string of the molecule is COC(=O)c1csc(-c2ccc3c(c2)CC[C@@H](CNC[C@H](O)COc2ccccc2)O3)c1. The average molecular weight is 454 g/mol. The van der Waals surface area contributed by atoms with Crippen molar-refractivity contribution in [3.63, 3.8) is 0 Å². The third kappa shape index (κ3) is 5.68. The van der Waals surface area contributed by atoms with Crippen molar-refractivity contribution in [3.8, 4) is 21.9 Å². The molecule has 0 amide bonds. The summed E-state index contributed by atoms with van der Waals surface area (Å²) < 4.78 is 16.5. The Labute approximate surface area is 191 Å². The first-order valence-electron chi connectivity index (χ1n) is 10.7. The second kappa shape index (κ2) is 10.6. The molecule has 168 valence electrons. The normalized spacial score (nSPS) is 16.0. The predicted octanol–water partition coefficient (Wildman–Crippen LogP) is 3.92. The molecule has 2 aromatic carbocycles. The van der Waals surface area contributed by atoms with Crippen molar-refractivity contribution in [2.45, 2.75) is 25.0 Å². The second-order valence-electron chi connectivity index (χ2n) is 7.73. The number of aliphatic hydroxyl groups excluding tert-OH is 1. The van der Waals surface area contributed by atoms with Crippen molar-refractivity contribution in [2.24, 2.45) is 0 Å². The number of hydrogen-bond acceptors (Lipinski definition) is 7. The number of thiophene rings is 1. The van der Waals surface area contributed by atoms with Crippen molar-refractivity contribution in [1.29, 1.82) is 0 Å². The van der Waals surface area contributed by atoms with Crippen LogP contribution in [0.15, 0.2) is 60.0 Å². The number of rotatable bonds is 9. The molecule has 7 heteroatoms. The summed E-state index contributed by atoms with van der Waals surface area (Å²) in [5, 5.41) is 15.2. The fourth-order valence-corrected chi connectivity index (χ4v) is 4.51. The molecule has 0 aliphatic carbocycles. The molecule has 3 aromatic rings. The molecule has 0 radical (unpaired) electrons. The Morgan fingerprint density at radius 3 is 2.91 bits per heavy atom. The van der Waals surface area contributed by atoms with Crippen LogP contribution in [0, 0.1) is 0 Å². The molecule has 0 saturated carbocycles. The van der Waals surface area contributed by atoms with Gasteiger partial charge in [0.15, 0.2) is 0 Å². The summed E-state index contributed by atoms with van der Waals surface area (Å²) >= 11 is 1.53. The highest BCUT2D eigenvalue weighted by Gasteiger charge is 2.21. The summed E-state index contributed by atoms with van der Waals surface area (Å²) in [6.45, 7) is 1.35. The maximum atomic E-state index is 11.7. The number of hydrogen-bond donors (Lipinski definition) is 2. The van der Waals surface area contributed by atoms with E-state index >= 15 is 0 Å². The molecule has 0 saturated heterocycles. The fraction of sp³-hybridized carbons (Fsp3) is 0.320. The summed E-state index contributed by atoms with van der Waals surface area (Å²) in [6.07, 6.45) is 1.29. The molecule has 2 N–H and O–H groups in total. The van der Waals surface area contributed by atoms with E-state index in [1.165, 1.54) is 24.0 Å². The van der Waals surface area contributed by atoms with Crippen LogP contribution < -0.4 is 14.8 Å². The first-order chi connectivity index (χ1) is 15.6. The van der Waals surface area contributed by atoms with Gasteiger partial charge < -0.3 is 24.6 Å². The van der Waals surface area contributed by atoms with Crippen LogP contribution in [0.25, 0.3) is 10.4 Å². The van der Waals surface area contributed by atoms with Gasteiger partial charge in [0.25, 0.3) is 0 Å². The van der Waals surface area contributed by atoms with Gasteiger partial charge in [0.1, 0.15) is 30.3 Å². The largest absolute Gasteiger partial charge is 0.491 e. The highest BCUT2D eigenvalue weighted by atomic mass is 32.1. The third-order valence-corrected chi connectivity index (χ3v) is 6.31. The van der Waals surface area contributed by atoms with Gasteiger partial charge in [-0.15, -0.1) is 11.3 Å². The van der Waals surface area contributed by atoms with E-state index in [0.29, 0.717) is 18.7 Å². The Hall–Kier alpha value is -2.87. The maximum Gasteiger partial charge on any atom is 0.338 e. The minimum atomic E-state index is -0.589. The number of fused-ring (bicyclic) bond motifs is 1. The van der Waals surface area contributed by atoms with Gasteiger partial charge >= 0.3 is 5.97 Å². The van der Waals surface area contributed by atoms with E-state index in [2.05, 4.69) is 11.4 Å². The van der Waals surface area contributed by atoms with E-state index in [1.807, 2.05) is 53.9 Å². The number of benzene rings is 2. The number of methoxy groups -OCH3 is 1. The Morgan fingerprint density at radius 2 is 2.09 bits per heavy atom. The summed E-state index contributed by atoms with van der Waals surface area (Å²) in [4.78, 5) is 12.7. The summed E-state index contributed by atoms with van der Waals surface area (Å²) in [6, 6.07) is 17.5. The van der Waals surface area contributed by atoms with E-state index in [4.69, 9.17) is 14.2 Å². The first-order valence-corrected chi connectivity index (χ1v) is 11.5. The zero-order chi connectivity index (χ0) is 22.3. The quantitative estimate of drug-likeness (QED) is 0.478. The van der Waals surface area contributed by atoms with Crippen molar-refractivity contribution in [1.82, 2.24) is 5.32 Å². The van der Waals surface area contributed by atoms with Crippen LogP contribution in [-0.4, -0.2) is 50.1 Å². The number of carbonyl (C=O) groups excluding carboxylic acids is 1. The molecule has 6 nitrogen and oxygen atoms in total. The molecule has 32 heavy (non-hydrogen) atoms. The van der Waals surface area contributed by atoms with Gasteiger partial charge in [-0.25, -0.2) is 4.79 Å². The molecule has 2 atom stereocenters. The monoisotopic (exact) mass is 453 g/mol. The molecule has 0 spiro atoms. The molecule has 0 bridgehead atoms. The third-order valence-electron chi connectivity index (χ3n) is 5.33. The number of aliphatic hydroxyl groups is 1. The average Bonchev–Trinajstić information content (AvgIpc) is 3.33. The van der Waals surface area contributed by atoms with Crippen LogP contribution in [0.2, 0.25) is 0 Å². The molecule has 1 aromatic heterocycles. The Kier molecular flexibility index (Phi) is 7.42. The topological polar surface area (TPSA) is 77.0 Å². The van der Waals surface area contributed by atoms with Crippen LogP contribution in [0.4, 0.5) is 0 Å². The van der Waals surface area contributed by atoms with Gasteiger partial charge in [-0.05, 0) is 60.4 Å². The number of ether oxygens (including phenoxy) is 3. The molecule has 2 heterocycles. The minimum absolute atomic E-state index is 0.0586. The van der Waals surface area contributed by atoms with Crippen molar-refractivity contribution in [3.05, 3.63) is 71.1 Å². The molecule has 0 unspecified atom stereocenters. The molecular weight excluding hydrogens is 426 g/mol. The van der Waals surface area contributed by atoms with Crippen LogP contribution >= 0.6 is 11.3 Å². The van der Waals surface area contributed by atoms with Gasteiger partial charge in [0.2, 0.25) is 0 Å². The van der Waals surface area contributed by atoms with E-state index in [-0.39, 0.29) is 18.7 Å². The minimum Gasteiger partial charge on any atom is -0.491 e. The van der Waals surface area contributed by atoms with Crippen LogP contribution in [0.1, 0.15) is 22.3 Å². The Balaban J connectivity index is 1.25. The van der Waals surface area contributed by atoms with Gasteiger partial charge in [-0.2, -0.15) is 0 Å². The predicted molar refractivity (Wildman–Crippen MR) is 125 cm³/mol. The molecule has 0 fully saturated rings. The standard InChI is InChI=1S/C25H27NO5S/c1-29-25(28)19-12-24(32-16-19)18-8-10-23-17(11-18)7-9-22(31-23)14-26-13-20(27)15-30-21-5-3-2-4-6-21/h2-6,8,10-12,16,20,22,26-27H,7,9,13-15H2,1H3/t20-,22-/m0/s1. The summed E-state index contributed by atoms with van der Waals surface area (Å²) in [5.41, 5.74) is 2.82. The second-order valence-corrected chi connectivity index (χ2v) is 8.64. The van der Waals surface area contributed by atoms with Crippen LogP contribution in [0.5, 0.6) is 11.5 Å². The highest BCUT2D eigenvalue weighted by molar-refractivity contribution is 7.13. The molecule has 1 aliphatic rings. The number of aryl methyl sites for hydroxylation is 1. The van der Waals surface area contributed by atoms with Gasteiger partial charge in [-0.1, -0.05) is 18.2 Å². The first kappa shape index (κ1) is 22.3. The maximum absolute atomic E-state index is 11.7. The van der Waals surface area contributed by atoms with E-state index in [1.54, 1.807) is 0 Å². The molecule has 4 rings (SSSR count). The number of para-hydroxylation sites is 1. The smallest absolute Gasteiger partial charge is 0.338 e. The number of nitrogens with one attached hydrogen (secondary N) is 1. The zero-order valence-electron chi connectivity index (χ0n) is 18.0. The Bertz CT molecular complexity index is 1040. The van der Waals surface area contributed by atoms with E-state index in [9.17, 15) is 9.90 Å². The molecular formula is C25H27NO5S. The lowest BCUT2D eigenvalue weighted by Crippen LogP contribution is -2.39. The lowest BCUT2D eigenvalue weighted by atomic mass is 9.99. The van der Waals surface area contributed by atoms with Crippen molar-refractivity contribution >= 4 is 17.3 Å². The van der Waals surface area contributed by atoms with Crippen LogP contribution in [0.3, 0.4) is 0 Å². The lowest BCUT2D eigenvalue weighted by Gasteiger charge is -2.27. The Morgan fingerprint density at radius 1 is 1.25 bits per heavy atom. The van der Waals surface area contributed by atoms with Crippen LogP contribution in [-0.2, 0) is 11.2 Å². The van der Waals surface area contributed by atoms with E-state index < -0.39 is 6.10 Å². The lowest BCUT2D eigenvalue weighted by molar-refractivity contribution is 0.0601. The molecule has 1 aliphatic heterocycles. The number of carbonyl (C=O) groups is 1. The van der Waals surface area contributed by atoms with Crippen molar-refractivity contribution in [2.75, 3.05) is 26.8 Å². The zero-order valence-corrected chi connectivity index (χ0v) is 18.8.